The normalized spacial score (nSPS) is 14.5. The molecule has 0 saturated carbocycles. The molecule has 0 aromatic heterocycles. The van der Waals surface area contributed by atoms with E-state index in [4.69, 9.17) is 18.9 Å². The zero-order valence-corrected chi connectivity index (χ0v) is 25.9. The maximum Gasteiger partial charge on any atom is 0.306 e. The Morgan fingerprint density at radius 3 is 2.44 bits per heavy atom. The molecule has 7 heteroatoms. The molecular weight excluding hydrogens is 560 g/mol. The number of benzene rings is 4. The molecule has 1 unspecified atom stereocenters. The molecule has 1 aliphatic heterocycles. The average molecular weight is 599 g/mol. The van der Waals surface area contributed by atoms with Crippen molar-refractivity contribution in [1.29, 1.82) is 0 Å². The second-order valence-electron chi connectivity index (χ2n) is 10.9. The molecule has 1 N–H and O–H groups in total. The van der Waals surface area contributed by atoms with Crippen molar-refractivity contribution in [2.24, 2.45) is 5.92 Å². The van der Waals surface area contributed by atoms with Gasteiger partial charge in [-0.1, -0.05) is 37.3 Å². The van der Waals surface area contributed by atoms with E-state index in [1.54, 1.807) is 6.92 Å². The first-order valence-corrected chi connectivity index (χ1v) is 15.9. The molecule has 0 spiro atoms. The summed E-state index contributed by atoms with van der Waals surface area (Å²) in [6.45, 7) is 7.34. The zero-order valence-electron chi connectivity index (χ0n) is 25.1. The molecule has 0 saturated heterocycles. The van der Waals surface area contributed by atoms with Gasteiger partial charge in [-0.05, 0) is 97.0 Å². The Balaban J connectivity index is 1.40. The predicted octanol–water partition coefficient (Wildman–Crippen LogP) is 8.67. The van der Waals surface area contributed by atoms with Gasteiger partial charge >= 0.3 is 5.97 Å². The van der Waals surface area contributed by atoms with Crippen molar-refractivity contribution in [1.82, 2.24) is 0 Å². The van der Waals surface area contributed by atoms with E-state index in [1.807, 2.05) is 72.4 Å². The van der Waals surface area contributed by atoms with Crippen molar-refractivity contribution in [3.63, 3.8) is 0 Å². The fourth-order valence-electron chi connectivity index (χ4n) is 5.45. The number of fused-ring (bicyclic) bond motifs is 1. The molecule has 4 aromatic carbocycles. The molecule has 1 heterocycles. The standard InChI is InChI=1S/C36H38O6S/c1-23-17-29(39-15-8-16-43-4)18-24(2)35(23)31-19-26(11-14-33(31)42-27-9-6-5-7-10-27)21-40-28-12-13-30-32(25(3)36(37)38)22-41-34(30)20-28/h5-7,9-14,17-20,25,32H,8,15-16,21-22H2,1-4H3,(H,37,38)/t25?,32-/m0/s1. The monoisotopic (exact) mass is 598 g/mol. The lowest BCUT2D eigenvalue weighted by molar-refractivity contribution is -0.142. The van der Waals surface area contributed by atoms with Gasteiger partial charge in [-0.2, -0.15) is 11.8 Å². The smallest absolute Gasteiger partial charge is 0.306 e. The van der Waals surface area contributed by atoms with Crippen LogP contribution in [-0.4, -0.2) is 36.3 Å². The maximum atomic E-state index is 11.5. The Morgan fingerprint density at radius 2 is 1.72 bits per heavy atom. The van der Waals surface area contributed by atoms with E-state index in [2.05, 4.69) is 38.3 Å². The van der Waals surface area contributed by atoms with E-state index >= 15 is 0 Å². The number of carbonyl (C=O) groups is 1. The highest BCUT2D eigenvalue weighted by atomic mass is 32.2. The van der Waals surface area contributed by atoms with Crippen molar-refractivity contribution < 1.29 is 28.8 Å². The number of carboxylic acid groups (broad SMARTS) is 1. The first-order valence-electron chi connectivity index (χ1n) is 14.6. The lowest BCUT2D eigenvalue weighted by Gasteiger charge is -2.18. The molecule has 1 aliphatic rings. The molecule has 4 aromatic rings. The molecule has 43 heavy (non-hydrogen) atoms. The third kappa shape index (κ3) is 7.28. The molecule has 0 bridgehead atoms. The Hall–Kier alpha value is -4.10. The van der Waals surface area contributed by atoms with Crippen LogP contribution >= 0.6 is 11.8 Å². The highest BCUT2D eigenvalue weighted by Crippen LogP contribution is 2.42. The van der Waals surface area contributed by atoms with Crippen LogP contribution in [0.25, 0.3) is 11.1 Å². The highest BCUT2D eigenvalue weighted by molar-refractivity contribution is 7.98. The van der Waals surface area contributed by atoms with E-state index in [9.17, 15) is 9.90 Å². The second kappa shape index (κ2) is 13.9. The average Bonchev–Trinajstić information content (AvgIpc) is 3.42. The Morgan fingerprint density at radius 1 is 0.953 bits per heavy atom. The molecule has 224 valence electrons. The summed E-state index contributed by atoms with van der Waals surface area (Å²) in [6, 6.07) is 25.8. The van der Waals surface area contributed by atoms with Gasteiger partial charge in [0.1, 0.15) is 35.4 Å². The lowest BCUT2D eigenvalue weighted by atomic mass is 9.89. The van der Waals surface area contributed by atoms with Crippen LogP contribution in [0.4, 0.5) is 0 Å². The van der Waals surface area contributed by atoms with Crippen LogP contribution in [0.15, 0.2) is 78.9 Å². The van der Waals surface area contributed by atoms with Crippen molar-refractivity contribution in [3.05, 3.63) is 101 Å². The first-order chi connectivity index (χ1) is 20.8. The van der Waals surface area contributed by atoms with Gasteiger partial charge in [0.05, 0.1) is 19.1 Å². The minimum atomic E-state index is -0.823. The third-order valence-corrected chi connectivity index (χ3v) is 8.45. The predicted molar refractivity (Wildman–Crippen MR) is 172 cm³/mol. The minimum absolute atomic E-state index is 0.167. The number of rotatable bonds is 13. The second-order valence-corrected chi connectivity index (χ2v) is 11.9. The van der Waals surface area contributed by atoms with Crippen LogP contribution in [0.3, 0.4) is 0 Å². The quantitative estimate of drug-likeness (QED) is 0.154. The zero-order chi connectivity index (χ0) is 30.3. The Bertz CT molecular complexity index is 1540. The number of carboxylic acids is 1. The van der Waals surface area contributed by atoms with Gasteiger partial charge in [0.15, 0.2) is 0 Å². The number of thioether (sulfide) groups is 1. The summed E-state index contributed by atoms with van der Waals surface area (Å²) in [7, 11) is 0. The molecule has 5 rings (SSSR count). The van der Waals surface area contributed by atoms with E-state index in [0.29, 0.717) is 31.3 Å². The third-order valence-electron chi connectivity index (χ3n) is 7.75. The van der Waals surface area contributed by atoms with Crippen molar-refractivity contribution in [3.8, 4) is 39.9 Å². The van der Waals surface area contributed by atoms with Gasteiger partial charge in [-0.25, -0.2) is 0 Å². The fourth-order valence-corrected chi connectivity index (χ4v) is 5.86. The van der Waals surface area contributed by atoms with Gasteiger partial charge in [0, 0.05) is 23.1 Å². The van der Waals surface area contributed by atoms with Crippen LogP contribution in [0.1, 0.15) is 41.5 Å². The number of aryl methyl sites for hydroxylation is 2. The highest BCUT2D eigenvalue weighted by Gasteiger charge is 2.33. The van der Waals surface area contributed by atoms with Crippen LogP contribution in [0, 0.1) is 19.8 Å². The molecular formula is C36H38O6S. The summed E-state index contributed by atoms with van der Waals surface area (Å²) in [6.07, 6.45) is 3.12. The van der Waals surface area contributed by atoms with E-state index in [0.717, 1.165) is 62.8 Å². The van der Waals surface area contributed by atoms with Crippen LogP contribution in [-0.2, 0) is 11.4 Å². The summed E-state index contributed by atoms with van der Waals surface area (Å²) in [5.74, 6) is 3.34. The van der Waals surface area contributed by atoms with Gasteiger partial charge in [-0.15, -0.1) is 0 Å². The minimum Gasteiger partial charge on any atom is -0.494 e. The molecule has 2 atom stereocenters. The molecule has 0 fully saturated rings. The lowest BCUT2D eigenvalue weighted by Crippen LogP contribution is -2.19. The molecule has 0 aliphatic carbocycles. The number of para-hydroxylation sites is 1. The summed E-state index contributed by atoms with van der Waals surface area (Å²) >= 11 is 1.83. The van der Waals surface area contributed by atoms with E-state index in [-0.39, 0.29) is 5.92 Å². The van der Waals surface area contributed by atoms with E-state index < -0.39 is 11.9 Å². The largest absolute Gasteiger partial charge is 0.494 e. The summed E-state index contributed by atoms with van der Waals surface area (Å²) in [5.41, 5.74) is 6.21. The van der Waals surface area contributed by atoms with Crippen molar-refractivity contribution in [2.45, 2.75) is 39.7 Å². The molecule has 6 nitrogen and oxygen atoms in total. The van der Waals surface area contributed by atoms with Crippen LogP contribution in [0.5, 0.6) is 28.7 Å². The summed E-state index contributed by atoms with van der Waals surface area (Å²) in [4.78, 5) is 11.5. The Kier molecular flexibility index (Phi) is 9.82. The van der Waals surface area contributed by atoms with Crippen molar-refractivity contribution in [2.75, 3.05) is 25.2 Å². The van der Waals surface area contributed by atoms with Gasteiger partial charge in [0.25, 0.3) is 0 Å². The Labute approximate surface area is 258 Å². The number of hydrogen-bond donors (Lipinski definition) is 1. The van der Waals surface area contributed by atoms with E-state index in [1.165, 1.54) is 0 Å². The SMILES string of the molecule is CSCCCOc1cc(C)c(-c2cc(COc3ccc4c(c3)OC[C@H]4C(C)C(=O)O)ccc2Oc2ccccc2)c(C)c1. The van der Waals surface area contributed by atoms with Gasteiger partial charge < -0.3 is 24.1 Å². The fraction of sp³-hybridized carbons (Fsp3) is 0.306. The van der Waals surface area contributed by atoms with Gasteiger partial charge in [-0.3, -0.25) is 4.79 Å². The topological polar surface area (TPSA) is 74.2 Å². The molecule has 0 radical (unpaired) electrons. The van der Waals surface area contributed by atoms with Crippen LogP contribution < -0.4 is 18.9 Å². The number of aliphatic carboxylic acids is 1. The first kappa shape index (κ1) is 30.4. The van der Waals surface area contributed by atoms with Crippen molar-refractivity contribution >= 4 is 17.7 Å². The summed E-state index contributed by atoms with van der Waals surface area (Å²) in [5, 5.41) is 9.44. The maximum absolute atomic E-state index is 11.5. The van der Waals surface area contributed by atoms with Crippen LogP contribution in [0.2, 0.25) is 0 Å². The summed E-state index contributed by atoms with van der Waals surface area (Å²) < 4.78 is 24.5. The number of hydrogen-bond acceptors (Lipinski definition) is 6. The molecule has 0 amide bonds. The van der Waals surface area contributed by atoms with Gasteiger partial charge in [0.2, 0.25) is 0 Å². The number of ether oxygens (including phenoxy) is 4.